The van der Waals surface area contributed by atoms with Crippen LogP contribution in [0, 0.1) is 0 Å². The minimum Gasteiger partial charge on any atom is -0.493 e. The zero-order valence-electron chi connectivity index (χ0n) is 18.2. The van der Waals surface area contributed by atoms with E-state index in [0.29, 0.717) is 0 Å². The van der Waals surface area contributed by atoms with E-state index in [4.69, 9.17) is 10.5 Å². The van der Waals surface area contributed by atoms with E-state index < -0.39 is 0 Å². The Hall–Kier alpha value is -1.80. The standard InChI is InChI=1S/C26H39NO/c1-4-21-15-13-16-22(5-2)25(21)26-23(6-3)17-14-18-24(26)28-20-12-10-8-7-9-11-19-27/h13-18H,4-12,19-20,27H2,1-3H3. The number of hydrogen-bond donors (Lipinski definition) is 1. The number of nitrogens with two attached hydrogens (primary N) is 1. The zero-order valence-corrected chi connectivity index (χ0v) is 18.2. The molecular weight excluding hydrogens is 342 g/mol. The van der Waals surface area contributed by atoms with Crippen LogP contribution < -0.4 is 10.5 Å². The minimum absolute atomic E-state index is 0.798. The molecule has 154 valence electrons. The molecule has 0 amide bonds. The molecule has 0 aliphatic heterocycles. The normalized spacial score (nSPS) is 11.0. The average Bonchev–Trinajstić information content (AvgIpc) is 2.74. The van der Waals surface area contributed by atoms with Crippen LogP contribution >= 0.6 is 0 Å². The molecule has 0 saturated carbocycles. The smallest absolute Gasteiger partial charge is 0.127 e. The quantitative estimate of drug-likeness (QED) is 0.391. The van der Waals surface area contributed by atoms with Crippen LogP contribution in [0.3, 0.4) is 0 Å². The van der Waals surface area contributed by atoms with Gasteiger partial charge in [-0.15, -0.1) is 0 Å². The lowest BCUT2D eigenvalue weighted by molar-refractivity contribution is 0.305. The van der Waals surface area contributed by atoms with Gasteiger partial charge in [0.2, 0.25) is 0 Å². The Morgan fingerprint density at radius 1 is 0.643 bits per heavy atom. The second-order valence-electron chi connectivity index (χ2n) is 7.56. The first kappa shape index (κ1) is 22.5. The largest absolute Gasteiger partial charge is 0.493 e. The summed E-state index contributed by atoms with van der Waals surface area (Å²) in [4.78, 5) is 0. The predicted molar refractivity (Wildman–Crippen MR) is 122 cm³/mol. The first-order valence-electron chi connectivity index (χ1n) is 11.3. The Kier molecular flexibility index (Phi) is 10.1. The molecule has 0 aliphatic rings. The Bertz CT molecular complexity index is 685. The van der Waals surface area contributed by atoms with Gasteiger partial charge in [0.05, 0.1) is 6.61 Å². The number of aryl methyl sites for hydroxylation is 3. The van der Waals surface area contributed by atoms with Crippen molar-refractivity contribution in [2.75, 3.05) is 13.2 Å². The van der Waals surface area contributed by atoms with E-state index >= 15 is 0 Å². The van der Waals surface area contributed by atoms with Crippen molar-refractivity contribution in [3.63, 3.8) is 0 Å². The lowest BCUT2D eigenvalue weighted by Gasteiger charge is -2.20. The highest BCUT2D eigenvalue weighted by molar-refractivity contribution is 5.79. The third-order valence-electron chi connectivity index (χ3n) is 5.60. The number of hydrogen-bond acceptors (Lipinski definition) is 2. The molecule has 28 heavy (non-hydrogen) atoms. The first-order valence-corrected chi connectivity index (χ1v) is 11.3. The maximum absolute atomic E-state index is 6.34. The van der Waals surface area contributed by atoms with Crippen molar-refractivity contribution >= 4 is 0 Å². The Morgan fingerprint density at radius 2 is 1.14 bits per heavy atom. The molecular formula is C26H39NO. The summed E-state index contributed by atoms with van der Waals surface area (Å²) in [7, 11) is 0. The molecule has 0 saturated heterocycles. The summed E-state index contributed by atoms with van der Waals surface area (Å²) in [6.07, 6.45) is 10.4. The van der Waals surface area contributed by atoms with Gasteiger partial charge in [-0.1, -0.05) is 76.8 Å². The molecule has 2 N–H and O–H groups in total. The third-order valence-corrected chi connectivity index (χ3v) is 5.60. The number of rotatable bonds is 13. The summed E-state index contributed by atoms with van der Waals surface area (Å²) in [5.41, 5.74) is 12.5. The highest BCUT2D eigenvalue weighted by Crippen LogP contribution is 2.39. The second-order valence-corrected chi connectivity index (χ2v) is 7.56. The van der Waals surface area contributed by atoms with Gasteiger partial charge in [0.1, 0.15) is 5.75 Å². The number of ether oxygens (including phenoxy) is 1. The summed E-state index contributed by atoms with van der Waals surface area (Å²) in [6.45, 7) is 8.35. The maximum Gasteiger partial charge on any atom is 0.127 e. The fraction of sp³-hybridized carbons (Fsp3) is 0.538. The van der Waals surface area contributed by atoms with E-state index in [1.807, 2.05) is 0 Å². The monoisotopic (exact) mass is 381 g/mol. The van der Waals surface area contributed by atoms with Crippen LogP contribution in [0.2, 0.25) is 0 Å². The van der Waals surface area contributed by atoms with Gasteiger partial charge >= 0.3 is 0 Å². The van der Waals surface area contributed by atoms with Gasteiger partial charge in [0.15, 0.2) is 0 Å². The van der Waals surface area contributed by atoms with Crippen LogP contribution in [0.25, 0.3) is 11.1 Å². The van der Waals surface area contributed by atoms with Gasteiger partial charge in [-0.05, 0) is 67.0 Å². The van der Waals surface area contributed by atoms with Gasteiger partial charge in [0.25, 0.3) is 0 Å². The topological polar surface area (TPSA) is 35.2 Å². The number of unbranched alkanes of at least 4 members (excludes halogenated alkanes) is 5. The van der Waals surface area contributed by atoms with Crippen molar-refractivity contribution in [2.24, 2.45) is 5.73 Å². The Balaban J connectivity index is 2.16. The molecule has 2 aromatic rings. The Morgan fingerprint density at radius 3 is 1.71 bits per heavy atom. The van der Waals surface area contributed by atoms with Crippen LogP contribution in [0.4, 0.5) is 0 Å². The summed E-state index contributed by atoms with van der Waals surface area (Å²) < 4.78 is 6.34. The summed E-state index contributed by atoms with van der Waals surface area (Å²) in [5, 5.41) is 0. The molecule has 0 fully saturated rings. The van der Waals surface area contributed by atoms with Crippen molar-refractivity contribution < 1.29 is 4.74 Å². The van der Waals surface area contributed by atoms with Crippen molar-refractivity contribution in [1.82, 2.24) is 0 Å². The lowest BCUT2D eigenvalue weighted by Crippen LogP contribution is -2.04. The molecule has 2 nitrogen and oxygen atoms in total. The summed E-state index contributed by atoms with van der Waals surface area (Å²) in [6, 6.07) is 13.3. The average molecular weight is 382 g/mol. The van der Waals surface area contributed by atoms with E-state index in [2.05, 4.69) is 57.2 Å². The van der Waals surface area contributed by atoms with E-state index in [-0.39, 0.29) is 0 Å². The second kappa shape index (κ2) is 12.6. The summed E-state index contributed by atoms with van der Waals surface area (Å²) in [5.74, 6) is 1.05. The number of benzene rings is 2. The molecule has 2 aromatic carbocycles. The van der Waals surface area contributed by atoms with E-state index in [1.165, 1.54) is 53.5 Å². The molecule has 0 spiro atoms. The SMILES string of the molecule is CCc1cccc(CC)c1-c1c(CC)cccc1OCCCCCCCCN. The van der Waals surface area contributed by atoms with Gasteiger partial charge in [-0.25, -0.2) is 0 Å². The maximum atomic E-state index is 6.34. The molecule has 0 bridgehead atoms. The van der Waals surface area contributed by atoms with Crippen molar-refractivity contribution in [3.8, 4) is 16.9 Å². The fourth-order valence-corrected chi connectivity index (χ4v) is 3.97. The van der Waals surface area contributed by atoms with Crippen LogP contribution in [0.15, 0.2) is 36.4 Å². The van der Waals surface area contributed by atoms with Crippen LogP contribution in [-0.4, -0.2) is 13.2 Å². The van der Waals surface area contributed by atoms with Crippen LogP contribution in [0.1, 0.15) is 76.0 Å². The van der Waals surface area contributed by atoms with Gasteiger partial charge in [-0.3, -0.25) is 0 Å². The molecule has 2 rings (SSSR count). The van der Waals surface area contributed by atoms with Crippen LogP contribution in [0.5, 0.6) is 5.75 Å². The highest BCUT2D eigenvalue weighted by atomic mass is 16.5. The molecule has 0 atom stereocenters. The van der Waals surface area contributed by atoms with Gasteiger partial charge < -0.3 is 10.5 Å². The van der Waals surface area contributed by atoms with Crippen molar-refractivity contribution in [1.29, 1.82) is 0 Å². The summed E-state index contributed by atoms with van der Waals surface area (Å²) >= 11 is 0. The van der Waals surface area contributed by atoms with Gasteiger partial charge in [-0.2, -0.15) is 0 Å². The molecule has 2 heteroatoms. The molecule has 0 aromatic heterocycles. The lowest BCUT2D eigenvalue weighted by atomic mass is 9.88. The van der Waals surface area contributed by atoms with E-state index in [1.54, 1.807) is 0 Å². The van der Waals surface area contributed by atoms with Crippen molar-refractivity contribution in [3.05, 3.63) is 53.1 Å². The molecule has 0 radical (unpaired) electrons. The highest BCUT2D eigenvalue weighted by Gasteiger charge is 2.17. The Labute approximate surface area is 172 Å². The molecule has 0 unspecified atom stereocenters. The molecule has 0 heterocycles. The first-order chi connectivity index (χ1) is 13.8. The van der Waals surface area contributed by atoms with E-state index in [0.717, 1.165) is 51.0 Å². The van der Waals surface area contributed by atoms with E-state index in [9.17, 15) is 0 Å². The molecule has 0 aliphatic carbocycles. The third kappa shape index (κ3) is 6.10. The van der Waals surface area contributed by atoms with Gasteiger partial charge in [0, 0.05) is 5.56 Å². The van der Waals surface area contributed by atoms with Crippen molar-refractivity contribution in [2.45, 2.75) is 78.6 Å². The predicted octanol–water partition coefficient (Wildman–Crippen LogP) is 6.72. The van der Waals surface area contributed by atoms with Crippen LogP contribution in [-0.2, 0) is 19.3 Å². The fourth-order valence-electron chi connectivity index (χ4n) is 3.97. The minimum atomic E-state index is 0.798. The zero-order chi connectivity index (χ0) is 20.2.